The monoisotopic (exact) mass is 320 g/mol. The van der Waals surface area contributed by atoms with Gasteiger partial charge in [0, 0.05) is 6.07 Å². The third-order valence-electron chi connectivity index (χ3n) is 1.88. The molecule has 0 radical (unpaired) electrons. The topological polar surface area (TPSA) is 72.2 Å². The summed E-state index contributed by atoms with van der Waals surface area (Å²) >= 11 is 2.94. The summed E-state index contributed by atoms with van der Waals surface area (Å²) in [6.45, 7) is 0. The van der Waals surface area contributed by atoms with Crippen LogP contribution >= 0.6 is 15.9 Å². The molecule has 0 unspecified atom stereocenters. The van der Waals surface area contributed by atoms with Crippen LogP contribution in [0.1, 0.15) is 0 Å². The Bertz CT molecular complexity index is 628. The SMILES string of the molecule is O=S(=O)(Nc1ccon1)c1ccc(Br)c(F)c1. The second-order valence-corrected chi connectivity index (χ2v) is 5.60. The zero-order valence-electron chi connectivity index (χ0n) is 8.22. The van der Waals surface area contributed by atoms with Crippen LogP contribution in [0.4, 0.5) is 10.2 Å². The third-order valence-corrected chi connectivity index (χ3v) is 3.87. The van der Waals surface area contributed by atoms with E-state index in [0.717, 1.165) is 6.07 Å². The van der Waals surface area contributed by atoms with Gasteiger partial charge < -0.3 is 4.52 Å². The van der Waals surface area contributed by atoms with Crippen LogP contribution in [0, 0.1) is 5.82 Å². The van der Waals surface area contributed by atoms with E-state index in [9.17, 15) is 12.8 Å². The summed E-state index contributed by atoms with van der Waals surface area (Å²) < 4.78 is 43.6. The molecule has 0 aliphatic rings. The largest absolute Gasteiger partial charge is 0.363 e. The van der Waals surface area contributed by atoms with Gasteiger partial charge in [0.15, 0.2) is 5.82 Å². The van der Waals surface area contributed by atoms with Crippen molar-refractivity contribution in [1.29, 1.82) is 0 Å². The number of nitrogens with zero attached hydrogens (tertiary/aromatic N) is 1. The van der Waals surface area contributed by atoms with E-state index in [1.54, 1.807) is 0 Å². The smallest absolute Gasteiger partial charge is 0.263 e. The molecular weight excluding hydrogens is 315 g/mol. The summed E-state index contributed by atoms with van der Waals surface area (Å²) in [6.07, 6.45) is 1.22. The summed E-state index contributed by atoms with van der Waals surface area (Å²) in [5, 5.41) is 3.40. The molecule has 0 spiro atoms. The van der Waals surface area contributed by atoms with Crippen molar-refractivity contribution in [2.45, 2.75) is 4.90 Å². The van der Waals surface area contributed by atoms with Crippen molar-refractivity contribution in [3.8, 4) is 0 Å². The Balaban J connectivity index is 2.35. The second-order valence-electron chi connectivity index (χ2n) is 3.07. The number of halogens is 2. The van der Waals surface area contributed by atoms with Gasteiger partial charge in [-0.2, -0.15) is 0 Å². The van der Waals surface area contributed by atoms with Gasteiger partial charge in [0.1, 0.15) is 12.1 Å². The molecule has 1 N–H and O–H groups in total. The Morgan fingerprint density at radius 3 is 2.71 bits per heavy atom. The molecule has 5 nitrogen and oxygen atoms in total. The van der Waals surface area contributed by atoms with Crippen LogP contribution in [-0.2, 0) is 10.0 Å². The lowest BCUT2D eigenvalue weighted by molar-refractivity contribution is 0.423. The zero-order chi connectivity index (χ0) is 12.5. The Kier molecular flexibility index (Phi) is 3.16. The van der Waals surface area contributed by atoms with Crippen LogP contribution in [0.15, 0.2) is 44.4 Å². The highest BCUT2D eigenvalue weighted by molar-refractivity contribution is 9.10. The highest BCUT2D eigenvalue weighted by Gasteiger charge is 2.17. The van der Waals surface area contributed by atoms with Crippen molar-refractivity contribution in [1.82, 2.24) is 5.16 Å². The molecule has 0 aliphatic heterocycles. The van der Waals surface area contributed by atoms with Gasteiger partial charge in [-0.25, -0.2) is 12.8 Å². The van der Waals surface area contributed by atoms with Gasteiger partial charge in [-0.15, -0.1) is 0 Å². The molecule has 8 heteroatoms. The first-order valence-electron chi connectivity index (χ1n) is 4.37. The fourth-order valence-corrected chi connectivity index (χ4v) is 2.36. The van der Waals surface area contributed by atoms with E-state index in [4.69, 9.17) is 0 Å². The molecule has 2 aromatic rings. The normalized spacial score (nSPS) is 11.4. The summed E-state index contributed by atoms with van der Waals surface area (Å²) in [5.74, 6) is -0.624. The van der Waals surface area contributed by atoms with E-state index in [2.05, 4.69) is 30.3 Å². The number of nitrogens with one attached hydrogen (secondary N) is 1. The average molecular weight is 321 g/mol. The first kappa shape index (κ1) is 12.1. The van der Waals surface area contributed by atoms with Gasteiger partial charge in [0.05, 0.1) is 9.37 Å². The molecule has 0 bridgehead atoms. The molecule has 0 aliphatic carbocycles. The van der Waals surface area contributed by atoms with Crippen molar-refractivity contribution in [2.24, 2.45) is 0 Å². The Morgan fingerprint density at radius 2 is 2.12 bits per heavy atom. The molecule has 0 saturated carbocycles. The van der Waals surface area contributed by atoms with E-state index in [1.807, 2.05) is 0 Å². The highest BCUT2D eigenvalue weighted by Crippen LogP contribution is 2.20. The average Bonchev–Trinajstić information content (AvgIpc) is 2.73. The number of aromatic nitrogens is 1. The number of anilines is 1. The summed E-state index contributed by atoms with van der Waals surface area (Å²) in [5.41, 5.74) is 0. The van der Waals surface area contributed by atoms with Crippen LogP contribution in [-0.4, -0.2) is 13.6 Å². The predicted molar refractivity (Wildman–Crippen MR) is 61.4 cm³/mol. The third kappa shape index (κ3) is 2.64. The van der Waals surface area contributed by atoms with Crippen LogP contribution in [0.2, 0.25) is 0 Å². The quantitative estimate of drug-likeness (QED) is 0.942. The number of benzene rings is 1. The minimum absolute atomic E-state index is 0.0355. The van der Waals surface area contributed by atoms with E-state index in [1.165, 1.54) is 24.5 Å². The second kappa shape index (κ2) is 4.46. The minimum atomic E-state index is -3.86. The number of rotatable bonds is 3. The number of sulfonamides is 1. The standard InChI is InChI=1S/C9H6BrFN2O3S/c10-7-2-1-6(5-8(7)11)17(14,15)13-9-3-4-16-12-9/h1-5H,(H,12,13). The minimum Gasteiger partial charge on any atom is -0.363 e. The van der Waals surface area contributed by atoms with E-state index >= 15 is 0 Å². The molecule has 0 amide bonds. The van der Waals surface area contributed by atoms with Crippen LogP contribution in [0.3, 0.4) is 0 Å². The molecule has 0 fully saturated rings. The van der Waals surface area contributed by atoms with Crippen molar-refractivity contribution >= 4 is 31.8 Å². The molecule has 1 aromatic carbocycles. The van der Waals surface area contributed by atoms with Crippen molar-refractivity contribution in [3.63, 3.8) is 0 Å². The lowest BCUT2D eigenvalue weighted by Gasteiger charge is -2.05. The summed E-state index contributed by atoms with van der Waals surface area (Å²) in [4.78, 5) is -0.193. The van der Waals surface area contributed by atoms with Crippen LogP contribution in [0.25, 0.3) is 0 Å². The molecule has 17 heavy (non-hydrogen) atoms. The maximum absolute atomic E-state index is 13.2. The summed E-state index contributed by atoms with van der Waals surface area (Å²) in [6, 6.07) is 4.83. The molecule has 90 valence electrons. The molecule has 0 saturated heterocycles. The van der Waals surface area contributed by atoms with Gasteiger partial charge in [-0.05, 0) is 34.1 Å². The maximum Gasteiger partial charge on any atom is 0.263 e. The van der Waals surface area contributed by atoms with Crippen molar-refractivity contribution < 1.29 is 17.3 Å². The van der Waals surface area contributed by atoms with Gasteiger partial charge in [0.25, 0.3) is 10.0 Å². The Hall–Kier alpha value is -1.41. The van der Waals surface area contributed by atoms with Crippen LogP contribution in [0.5, 0.6) is 0 Å². The number of hydrogen-bond donors (Lipinski definition) is 1. The van der Waals surface area contributed by atoms with Gasteiger partial charge >= 0.3 is 0 Å². The zero-order valence-corrected chi connectivity index (χ0v) is 10.6. The Labute approximate surface area is 105 Å². The molecule has 1 aromatic heterocycles. The van der Waals surface area contributed by atoms with Crippen molar-refractivity contribution in [3.05, 3.63) is 40.8 Å². The van der Waals surface area contributed by atoms with Crippen molar-refractivity contribution in [2.75, 3.05) is 4.72 Å². The van der Waals surface area contributed by atoms with Gasteiger partial charge in [-0.3, -0.25) is 4.72 Å². The van der Waals surface area contributed by atoms with Crippen LogP contribution < -0.4 is 4.72 Å². The lowest BCUT2D eigenvalue weighted by atomic mass is 10.3. The maximum atomic E-state index is 13.2. The van der Waals surface area contributed by atoms with E-state index < -0.39 is 15.8 Å². The highest BCUT2D eigenvalue weighted by atomic mass is 79.9. The van der Waals surface area contributed by atoms with E-state index in [0.29, 0.717) is 0 Å². The lowest BCUT2D eigenvalue weighted by Crippen LogP contribution is -2.13. The molecule has 1 heterocycles. The Morgan fingerprint density at radius 1 is 1.35 bits per heavy atom. The fourth-order valence-electron chi connectivity index (χ4n) is 1.11. The predicted octanol–water partition coefficient (Wildman–Crippen LogP) is 2.38. The number of hydrogen-bond acceptors (Lipinski definition) is 4. The molecular formula is C9H6BrFN2O3S. The fraction of sp³-hybridized carbons (Fsp3) is 0. The molecule has 2 rings (SSSR count). The van der Waals surface area contributed by atoms with E-state index in [-0.39, 0.29) is 15.2 Å². The first-order chi connectivity index (χ1) is 7.99. The first-order valence-corrected chi connectivity index (χ1v) is 6.65. The summed E-state index contributed by atoms with van der Waals surface area (Å²) in [7, 11) is -3.86. The van der Waals surface area contributed by atoms with Gasteiger partial charge in [0.2, 0.25) is 0 Å². The van der Waals surface area contributed by atoms with Gasteiger partial charge in [-0.1, -0.05) is 5.16 Å². The molecule has 0 atom stereocenters.